The Balaban J connectivity index is 1.73. The lowest BCUT2D eigenvalue weighted by molar-refractivity contribution is -0.115. The summed E-state index contributed by atoms with van der Waals surface area (Å²) in [6.07, 6.45) is 0. The van der Waals surface area contributed by atoms with Crippen LogP contribution in [0.15, 0.2) is 53.7 Å². The molecule has 0 fully saturated rings. The first kappa shape index (κ1) is 21.6. The van der Waals surface area contributed by atoms with Gasteiger partial charge in [0.15, 0.2) is 11.0 Å². The Hall–Kier alpha value is -3.11. The predicted octanol–water partition coefficient (Wildman–Crippen LogP) is 4.77. The van der Waals surface area contributed by atoms with Crippen LogP contribution in [0.4, 0.5) is 5.69 Å². The normalized spacial score (nSPS) is 12.3. The molecular formula is C23H25N5OS. The van der Waals surface area contributed by atoms with Gasteiger partial charge in [-0.15, -0.1) is 10.2 Å². The van der Waals surface area contributed by atoms with Gasteiger partial charge in [-0.2, -0.15) is 5.26 Å². The number of rotatable bonds is 5. The second kappa shape index (κ2) is 8.72. The van der Waals surface area contributed by atoms with E-state index in [-0.39, 0.29) is 11.3 Å². The first-order chi connectivity index (χ1) is 14.2. The molecule has 3 rings (SSSR count). The van der Waals surface area contributed by atoms with Crippen molar-refractivity contribution in [2.24, 2.45) is 7.05 Å². The molecule has 0 bridgehead atoms. The number of amides is 1. The van der Waals surface area contributed by atoms with Crippen molar-refractivity contribution in [3.8, 4) is 17.5 Å². The van der Waals surface area contributed by atoms with Crippen LogP contribution in [0.5, 0.6) is 0 Å². The van der Waals surface area contributed by atoms with Gasteiger partial charge in [-0.25, -0.2) is 0 Å². The Morgan fingerprint density at radius 2 is 1.80 bits per heavy atom. The topological polar surface area (TPSA) is 83.6 Å². The highest BCUT2D eigenvalue weighted by atomic mass is 32.2. The van der Waals surface area contributed by atoms with Crippen molar-refractivity contribution >= 4 is 23.4 Å². The number of benzene rings is 2. The zero-order valence-corrected chi connectivity index (χ0v) is 18.6. The third-order valence-corrected chi connectivity index (χ3v) is 5.93. The summed E-state index contributed by atoms with van der Waals surface area (Å²) in [6, 6.07) is 17.3. The van der Waals surface area contributed by atoms with E-state index in [0.717, 1.165) is 11.4 Å². The fraction of sp³-hybridized carbons (Fsp3) is 0.304. The van der Waals surface area contributed by atoms with Gasteiger partial charge in [0.25, 0.3) is 0 Å². The van der Waals surface area contributed by atoms with E-state index in [1.807, 2.05) is 30.7 Å². The van der Waals surface area contributed by atoms with Crippen LogP contribution in [0.25, 0.3) is 11.4 Å². The maximum Gasteiger partial charge on any atom is 0.237 e. The van der Waals surface area contributed by atoms with Crippen LogP contribution in [-0.2, 0) is 17.3 Å². The average Bonchev–Trinajstić information content (AvgIpc) is 3.08. The molecule has 154 valence electrons. The van der Waals surface area contributed by atoms with Crippen LogP contribution >= 0.6 is 11.8 Å². The van der Waals surface area contributed by atoms with E-state index in [9.17, 15) is 10.1 Å². The molecule has 1 atom stereocenters. The number of hydrogen-bond donors (Lipinski definition) is 1. The number of nitriles is 1. The summed E-state index contributed by atoms with van der Waals surface area (Å²) in [6.45, 7) is 8.35. The van der Waals surface area contributed by atoms with Crippen LogP contribution < -0.4 is 5.32 Å². The minimum atomic E-state index is -0.407. The van der Waals surface area contributed by atoms with Crippen molar-refractivity contribution in [3.63, 3.8) is 0 Å². The summed E-state index contributed by atoms with van der Waals surface area (Å²) < 4.78 is 1.89. The minimum absolute atomic E-state index is 0.0897. The van der Waals surface area contributed by atoms with Gasteiger partial charge in [0, 0.05) is 12.6 Å². The largest absolute Gasteiger partial charge is 0.324 e. The molecule has 0 saturated heterocycles. The SMILES string of the molecule is C[C@@H](Sc1nnc(-c2ccc(C(C)(C)C)cc2)n1C)C(=O)Nc1ccccc1C#N. The molecule has 0 saturated carbocycles. The summed E-state index contributed by atoms with van der Waals surface area (Å²) >= 11 is 1.33. The van der Waals surface area contributed by atoms with Crippen molar-refractivity contribution in [2.75, 3.05) is 5.32 Å². The van der Waals surface area contributed by atoms with Crippen LogP contribution in [-0.4, -0.2) is 25.9 Å². The average molecular weight is 420 g/mol. The van der Waals surface area contributed by atoms with E-state index >= 15 is 0 Å². The van der Waals surface area contributed by atoms with Crippen molar-refractivity contribution in [3.05, 3.63) is 59.7 Å². The molecule has 7 heteroatoms. The summed E-state index contributed by atoms with van der Waals surface area (Å²) in [5.41, 5.74) is 3.26. The molecule has 1 heterocycles. The third-order valence-electron chi connectivity index (χ3n) is 4.80. The van der Waals surface area contributed by atoms with Gasteiger partial charge < -0.3 is 9.88 Å². The van der Waals surface area contributed by atoms with Crippen LogP contribution in [0.3, 0.4) is 0 Å². The number of carbonyl (C=O) groups is 1. The van der Waals surface area contributed by atoms with E-state index in [2.05, 4.69) is 54.5 Å². The number of thioether (sulfide) groups is 1. The van der Waals surface area contributed by atoms with Crippen LogP contribution in [0, 0.1) is 11.3 Å². The molecule has 2 aromatic carbocycles. The molecule has 0 aliphatic rings. The third kappa shape index (κ3) is 4.71. The molecule has 0 aliphatic carbocycles. The number of anilines is 1. The van der Waals surface area contributed by atoms with E-state index < -0.39 is 5.25 Å². The lowest BCUT2D eigenvalue weighted by atomic mass is 9.87. The number of nitrogens with one attached hydrogen (secondary N) is 1. The number of para-hydroxylation sites is 1. The van der Waals surface area contributed by atoms with Crippen molar-refractivity contribution in [2.45, 2.75) is 43.5 Å². The molecular weight excluding hydrogens is 394 g/mol. The molecule has 0 unspecified atom stereocenters. The molecule has 30 heavy (non-hydrogen) atoms. The fourth-order valence-electron chi connectivity index (χ4n) is 2.92. The second-order valence-electron chi connectivity index (χ2n) is 8.10. The molecule has 0 radical (unpaired) electrons. The van der Waals surface area contributed by atoms with Gasteiger partial charge >= 0.3 is 0 Å². The fourth-order valence-corrected chi connectivity index (χ4v) is 3.74. The maximum atomic E-state index is 12.6. The first-order valence-corrected chi connectivity index (χ1v) is 10.6. The summed E-state index contributed by atoms with van der Waals surface area (Å²) in [7, 11) is 1.89. The monoisotopic (exact) mass is 419 g/mol. The Morgan fingerprint density at radius 3 is 2.43 bits per heavy atom. The van der Waals surface area contributed by atoms with Gasteiger partial charge in [0.2, 0.25) is 5.91 Å². The predicted molar refractivity (Wildman–Crippen MR) is 120 cm³/mol. The van der Waals surface area contributed by atoms with Crippen LogP contribution in [0.2, 0.25) is 0 Å². The van der Waals surface area contributed by atoms with Crippen molar-refractivity contribution < 1.29 is 4.79 Å². The first-order valence-electron chi connectivity index (χ1n) is 9.67. The lowest BCUT2D eigenvalue weighted by Crippen LogP contribution is -2.23. The lowest BCUT2D eigenvalue weighted by Gasteiger charge is -2.19. The van der Waals surface area contributed by atoms with E-state index in [4.69, 9.17) is 0 Å². The maximum absolute atomic E-state index is 12.6. The Bertz CT molecular complexity index is 1090. The number of aromatic nitrogens is 3. The van der Waals surface area contributed by atoms with Gasteiger partial charge in [-0.05, 0) is 30.0 Å². The summed E-state index contributed by atoms with van der Waals surface area (Å²) in [5.74, 6) is 0.558. The highest BCUT2D eigenvalue weighted by molar-refractivity contribution is 8.00. The molecule has 1 aromatic heterocycles. The van der Waals surface area contributed by atoms with Gasteiger partial charge in [0.05, 0.1) is 16.5 Å². The van der Waals surface area contributed by atoms with Gasteiger partial charge in [-0.1, -0.05) is 68.9 Å². The molecule has 1 N–H and O–H groups in total. The standard InChI is InChI=1S/C23H25N5OS/c1-15(21(29)25-19-9-7-6-8-17(19)14-24)30-22-27-26-20(28(22)5)16-10-12-18(13-11-16)23(2,3)4/h6-13,15H,1-5H3,(H,25,29)/t15-/m1/s1. The molecule has 3 aromatic rings. The van der Waals surface area contributed by atoms with Gasteiger partial charge in [-0.3, -0.25) is 4.79 Å². The smallest absolute Gasteiger partial charge is 0.237 e. The zero-order valence-electron chi connectivity index (χ0n) is 17.8. The molecule has 1 amide bonds. The van der Waals surface area contributed by atoms with Gasteiger partial charge in [0.1, 0.15) is 6.07 Å². The van der Waals surface area contributed by atoms with Crippen LogP contribution in [0.1, 0.15) is 38.8 Å². The van der Waals surface area contributed by atoms with E-state index in [1.54, 1.807) is 24.3 Å². The highest BCUT2D eigenvalue weighted by Crippen LogP contribution is 2.28. The molecule has 0 aliphatic heterocycles. The quantitative estimate of drug-likeness (QED) is 0.602. The Labute approximate surface area is 181 Å². The number of hydrogen-bond acceptors (Lipinski definition) is 5. The Morgan fingerprint density at radius 1 is 1.13 bits per heavy atom. The summed E-state index contributed by atoms with van der Waals surface area (Å²) in [4.78, 5) is 12.6. The number of nitrogens with zero attached hydrogens (tertiary/aromatic N) is 4. The van der Waals surface area contributed by atoms with E-state index in [0.29, 0.717) is 16.4 Å². The van der Waals surface area contributed by atoms with Crippen molar-refractivity contribution in [1.29, 1.82) is 5.26 Å². The van der Waals surface area contributed by atoms with Crippen molar-refractivity contribution in [1.82, 2.24) is 14.8 Å². The van der Waals surface area contributed by atoms with E-state index in [1.165, 1.54) is 17.3 Å². The molecule has 0 spiro atoms. The second-order valence-corrected chi connectivity index (χ2v) is 9.41. The summed E-state index contributed by atoms with van der Waals surface area (Å²) in [5, 5.41) is 20.8. The minimum Gasteiger partial charge on any atom is -0.324 e. The Kier molecular flexibility index (Phi) is 6.28. The zero-order chi connectivity index (χ0) is 21.9. The highest BCUT2D eigenvalue weighted by Gasteiger charge is 2.21. The number of carbonyl (C=O) groups excluding carboxylic acids is 1. The molecule has 6 nitrogen and oxygen atoms in total.